The Bertz CT molecular complexity index is 526. The first-order chi connectivity index (χ1) is 6.45. The molecule has 0 radical (unpaired) electrons. The molecule has 2 heterocycles. The van der Waals surface area contributed by atoms with Crippen molar-refractivity contribution in [3.63, 3.8) is 0 Å². The van der Waals surface area contributed by atoms with Crippen molar-refractivity contribution >= 4 is 34.3 Å². The van der Waals surface area contributed by atoms with Crippen molar-refractivity contribution in [2.24, 2.45) is 0 Å². The third kappa shape index (κ3) is 1.76. The molecular weight excluding hydrogens is 233 g/mol. The van der Waals surface area contributed by atoms with E-state index in [9.17, 15) is 0 Å². The standard InChI is InChI=1S/C10H7N3.2ClH/c1-2-4-9-7(3-1)8-5-11-6-12-10(8)13-9;;/h1-6H,(H,11,12,13);2*1H. The highest BCUT2D eigenvalue weighted by molar-refractivity contribution is 6.04. The number of hydrogen-bond acceptors (Lipinski definition) is 1. The van der Waals surface area contributed by atoms with Crippen LogP contribution in [0.15, 0.2) is 36.8 Å². The van der Waals surface area contributed by atoms with Crippen LogP contribution in [0.3, 0.4) is 0 Å². The molecule has 0 aliphatic carbocycles. The fraction of sp³-hybridized carbons (Fsp3) is 0. The van der Waals surface area contributed by atoms with Crippen LogP contribution in [0.25, 0.3) is 21.9 Å². The van der Waals surface area contributed by atoms with Gasteiger partial charge in [-0.15, -0.1) is 12.4 Å². The molecule has 3 aromatic rings. The maximum atomic E-state index is 4.21. The van der Waals surface area contributed by atoms with Gasteiger partial charge >= 0.3 is 0 Å². The highest BCUT2D eigenvalue weighted by Gasteiger charge is 2.07. The predicted octanol–water partition coefficient (Wildman–Crippen LogP) is -1.04. The summed E-state index contributed by atoms with van der Waals surface area (Å²) < 4.78 is 0. The van der Waals surface area contributed by atoms with E-state index in [1.54, 1.807) is 6.33 Å². The summed E-state index contributed by atoms with van der Waals surface area (Å²) in [6.45, 7) is 0. The van der Waals surface area contributed by atoms with Crippen LogP contribution in [0.4, 0.5) is 0 Å². The lowest BCUT2D eigenvalue weighted by molar-refractivity contribution is -0.380. The molecule has 0 saturated heterocycles. The lowest BCUT2D eigenvalue weighted by Gasteiger charge is -1.84. The Morgan fingerprint density at radius 1 is 1.13 bits per heavy atom. The van der Waals surface area contributed by atoms with Crippen molar-refractivity contribution in [3.05, 3.63) is 36.8 Å². The average Bonchev–Trinajstić information content (AvgIpc) is 2.56. The number of rotatable bonds is 0. The number of para-hydroxylation sites is 1. The van der Waals surface area contributed by atoms with Gasteiger partial charge in [-0.1, -0.05) is 18.2 Å². The van der Waals surface area contributed by atoms with Crippen molar-refractivity contribution in [2.75, 3.05) is 0 Å². The summed E-state index contributed by atoms with van der Waals surface area (Å²) in [5, 5.41) is 2.35. The van der Waals surface area contributed by atoms with E-state index in [2.05, 4.69) is 27.1 Å². The molecule has 0 saturated carbocycles. The molecule has 0 spiro atoms. The van der Waals surface area contributed by atoms with Gasteiger partial charge in [-0.2, -0.15) is 0 Å². The average molecular weight is 242 g/mol. The van der Waals surface area contributed by atoms with Gasteiger partial charge < -0.3 is 17.4 Å². The number of fused-ring (bicyclic) bond motifs is 3. The van der Waals surface area contributed by atoms with E-state index in [4.69, 9.17) is 0 Å². The lowest BCUT2D eigenvalue weighted by Crippen LogP contribution is -3.00. The van der Waals surface area contributed by atoms with Crippen LogP contribution in [-0.2, 0) is 0 Å². The fourth-order valence-electron chi connectivity index (χ4n) is 1.62. The highest BCUT2D eigenvalue weighted by atomic mass is 35.5. The van der Waals surface area contributed by atoms with Gasteiger partial charge in [0.25, 0.3) is 12.0 Å². The Balaban J connectivity index is 0.000000562. The molecule has 5 heteroatoms. The number of nitrogens with zero attached hydrogens (tertiary/aromatic N) is 1. The maximum absolute atomic E-state index is 4.21. The Hall–Kier alpha value is -1.32. The number of benzene rings is 1. The Morgan fingerprint density at radius 2 is 1.93 bits per heavy atom. The third-order valence-corrected chi connectivity index (χ3v) is 2.22. The molecule has 78 valence electrons. The van der Waals surface area contributed by atoms with Gasteiger partial charge in [0.05, 0.1) is 5.39 Å². The summed E-state index contributed by atoms with van der Waals surface area (Å²) in [5.41, 5.74) is 2.06. The Kier molecular flexibility index (Phi) is 3.50. The van der Waals surface area contributed by atoms with Crippen molar-refractivity contribution in [1.29, 1.82) is 0 Å². The number of halogens is 2. The summed E-state index contributed by atoms with van der Waals surface area (Å²) in [4.78, 5) is 10.4. The van der Waals surface area contributed by atoms with E-state index < -0.39 is 0 Å². The smallest absolute Gasteiger partial charge is 0.286 e. The SMILES string of the molecule is Cl.[Cl-].c1ccc2c(c1)[nH]c1nc[nH+]cc12. The van der Waals surface area contributed by atoms with Crippen LogP contribution in [-0.4, -0.2) is 9.97 Å². The molecule has 3 rings (SSSR count). The lowest BCUT2D eigenvalue weighted by atomic mass is 10.2. The minimum atomic E-state index is 0. The molecule has 0 unspecified atom stereocenters. The second-order valence-corrected chi connectivity index (χ2v) is 3.00. The molecule has 0 aliphatic heterocycles. The van der Waals surface area contributed by atoms with Crippen LogP contribution in [0.1, 0.15) is 0 Å². The van der Waals surface area contributed by atoms with Crippen molar-refractivity contribution in [1.82, 2.24) is 9.97 Å². The number of aromatic amines is 2. The topological polar surface area (TPSA) is 42.8 Å². The molecule has 2 aromatic heterocycles. The first kappa shape index (κ1) is 11.8. The Labute approximate surface area is 98.7 Å². The van der Waals surface area contributed by atoms with Crippen molar-refractivity contribution < 1.29 is 17.4 Å². The van der Waals surface area contributed by atoms with Crippen LogP contribution >= 0.6 is 12.4 Å². The second kappa shape index (κ2) is 4.47. The normalized spacial score (nSPS) is 9.60. The molecule has 1 aromatic carbocycles. The predicted molar refractivity (Wildman–Crippen MR) is 57.4 cm³/mol. The molecule has 2 N–H and O–H groups in total. The number of H-pyrrole nitrogens is 2. The van der Waals surface area contributed by atoms with Gasteiger partial charge in [0.1, 0.15) is 6.20 Å². The highest BCUT2D eigenvalue weighted by Crippen LogP contribution is 2.21. The van der Waals surface area contributed by atoms with Gasteiger partial charge in [0, 0.05) is 10.9 Å². The van der Waals surface area contributed by atoms with Crippen LogP contribution < -0.4 is 17.4 Å². The summed E-state index contributed by atoms with van der Waals surface area (Å²) >= 11 is 0. The van der Waals surface area contributed by atoms with E-state index in [0.29, 0.717) is 0 Å². The zero-order valence-electron chi connectivity index (χ0n) is 7.70. The molecule has 0 amide bonds. The molecular formula is C10H9Cl2N3. The number of aromatic nitrogens is 3. The van der Waals surface area contributed by atoms with Gasteiger partial charge in [-0.3, -0.25) is 0 Å². The zero-order chi connectivity index (χ0) is 8.67. The number of hydrogen-bond donors (Lipinski definition) is 1. The minimum Gasteiger partial charge on any atom is -1.00 e. The van der Waals surface area contributed by atoms with E-state index in [1.165, 1.54) is 5.39 Å². The quantitative estimate of drug-likeness (QED) is 0.537. The summed E-state index contributed by atoms with van der Waals surface area (Å²) in [6.07, 6.45) is 3.64. The van der Waals surface area contributed by atoms with E-state index in [-0.39, 0.29) is 24.8 Å². The van der Waals surface area contributed by atoms with Crippen LogP contribution in [0.5, 0.6) is 0 Å². The molecule has 0 aliphatic rings. The molecule has 3 nitrogen and oxygen atoms in total. The van der Waals surface area contributed by atoms with E-state index in [0.717, 1.165) is 16.6 Å². The van der Waals surface area contributed by atoms with E-state index >= 15 is 0 Å². The zero-order valence-corrected chi connectivity index (χ0v) is 9.27. The third-order valence-electron chi connectivity index (χ3n) is 2.22. The first-order valence-electron chi connectivity index (χ1n) is 4.18. The molecule has 15 heavy (non-hydrogen) atoms. The maximum Gasteiger partial charge on any atom is 0.286 e. The van der Waals surface area contributed by atoms with Crippen molar-refractivity contribution in [2.45, 2.75) is 0 Å². The monoisotopic (exact) mass is 241 g/mol. The summed E-state index contributed by atoms with van der Waals surface area (Å²) in [6, 6.07) is 8.19. The largest absolute Gasteiger partial charge is 1.00 e. The minimum absolute atomic E-state index is 0. The fourth-order valence-corrected chi connectivity index (χ4v) is 1.62. The first-order valence-corrected chi connectivity index (χ1v) is 4.18. The van der Waals surface area contributed by atoms with E-state index in [1.807, 2.05) is 18.3 Å². The Morgan fingerprint density at radius 3 is 2.80 bits per heavy atom. The second-order valence-electron chi connectivity index (χ2n) is 3.00. The van der Waals surface area contributed by atoms with Crippen molar-refractivity contribution in [3.8, 4) is 0 Å². The van der Waals surface area contributed by atoms with Gasteiger partial charge in [0.2, 0.25) is 0 Å². The van der Waals surface area contributed by atoms with Gasteiger partial charge in [-0.25, -0.2) is 4.98 Å². The molecule has 0 bridgehead atoms. The summed E-state index contributed by atoms with van der Waals surface area (Å²) in [5.74, 6) is 0. The van der Waals surface area contributed by atoms with Gasteiger partial charge in [-0.05, 0) is 11.1 Å². The molecule has 0 atom stereocenters. The van der Waals surface area contributed by atoms with Gasteiger partial charge in [0.15, 0.2) is 0 Å². The summed E-state index contributed by atoms with van der Waals surface area (Å²) in [7, 11) is 0. The molecule has 0 fully saturated rings. The van der Waals surface area contributed by atoms with Crippen LogP contribution in [0, 0.1) is 0 Å². The number of nitrogens with one attached hydrogen (secondary N) is 2. The van der Waals surface area contributed by atoms with Crippen LogP contribution in [0.2, 0.25) is 0 Å².